The van der Waals surface area contributed by atoms with Gasteiger partial charge in [0.1, 0.15) is 17.2 Å². The first kappa shape index (κ1) is 25.3. The number of hydrogen-bond donors (Lipinski definition) is 0. The van der Waals surface area contributed by atoms with Crippen LogP contribution in [-0.4, -0.2) is 20.0 Å². The molecule has 1 saturated carbocycles. The molecule has 0 bridgehead atoms. The Labute approximate surface area is 208 Å². The lowest BCUT2D eigenvalue weighted by molar-refractivity contribution is -0.117. The van der Waals surface area contributed by atoms with Gasteiger partial charge < -0.3 is 4.74 Å². The van der Waals surface area contributed by atoms with Gasteiger partial charge in [-0.25, -0.2) is 17.2 Å². The zero-order valence-electron chi connectivity index (χ0n) is 19.2. The Bertz CT molecular complexity index is 1350. The van der Waals surface area contributed by atoms with E-state index in [9.17, 15) is 22.0 Å². The zero-order valence-corrected chi connectivity index (χ0v) is 20.8. The third-order valence-corrected chi connectivity index (χ3v) is 8.43. The van der Waals surface area contributed by atoms with E-state index >= 15 is 0 Å². The molecule has 0 amide bonds. The molecule has 0 saturated heterocycles. The largest absolute Gasteiger partial charge is 0.480 e. The summed E-state index contributed by atoms with van der Waals surface area (Å²) in [5, 5.41) is 0.0189. The van der Waals surface area contributed by atoms with Crippen LogP contribution in [0, 0.1) is 11.6 Å². The predicted molar refractivity (Wildman–Crippen MR) is 131 cm³/mol. The van der Waals surface area contributed by atoms with Crippen LogP contribution in [0.3, 0.4) is 0 Å². The Kier molecular flexibility index (Phi) is 7.29. The van der Waals surface area contributed by atoms with Crippen molar-refractivity contribution >= 4 is 27.2 Å². The highest BCUT2D eigenvalue weighted by molar-refractivity contribution is 7.91. The minimum Gasteiger partial charge on any atom is -0.480 e. The molecule has 184 valence electrons. The Morgan fingerprint density at radius 1 is 0.943 bits per heavy atom. The van der Waals surface area contributed by atoms with Crippen LogP contribution in [0.2, 0.25) is 5.02 Å². The topological polar surface area (TPSA) is 60.4 Å². The molecule has 1 aliphatic carbocycles. The van der Waals surface area contributed by atoms with Gasteiger partial charge in [-0.15, -0.1) is 0 Å². The fraction of sp³-hybridized carbons (Fsp3) is 0.296. The number of Topliss-reactive ketones (excluding diaryl/α,β-unsaturated/α-hetero) is 1. The average Bonchev–Trinajstić information content (AvgIpc) is 2.80. The standard InChI is InChI=1S/C27H25ClF2O4S/c1-2-35(32,33)22-8-4-18(5-9-22)14-21(31)15-19-6-11-26(25(30)16-19)34-27(12-3-13-27)20-7-10-23(28)24(29)17-20/h4-11,16-17H,2-3,12-15H2,1H3. The molecule has 1 aliphatic rings. The average molecular weight is 519 g/mol. The van der Waals surface area contributed by atoms with Crippen molar-refractivity contribution in [3.05, 3.63) is 94.0 Å². The number of rotatable bonds is 9. The van der Waals surface area contributed by atoms with E-state index in [0.717, 1.165) is 6.42 Å². The van der Waals surface area contributed by atoms with Crippen molar-refractivity contribution in [2.75, 3.05) is 5.75 Å². The monoisotopic (exact) mass is 518 g/mol. The second-order valence-corrected chi connectivity index (χ2v) is 11.5. The Balaban J connectivity index is 1.42. The van der Waals surface area contributed by atoms with Gasteiger partial charge in [0.05, 0.1) is 15.7 Å². The minimum atomic E-state index is -3.30. The van der Waals surface area contributed by atoms with Gasteiger partial charge in [-0.3, -0.25) is 4.79 Å². The van der Waals surface area contributed by atoms with Gasteiger partial charge in [-0.1, -0.05) is 42.8 Å². The summed E-state index contributed by atoms with van der Waals surface area (Å²) in [4.78, 5) is 12.7. The van der Waals surface area contributed by atoms with Gasteiger partial charge in [0.15, 0.2) is 21.4 Å². The van der Waals surface area contributed by atoms with E-state index in [-0.39, 0.29) is 40.0 Å². The van der Waals surface area contributed by atoms with Gasteiger partial charge in [0, 0.05) is 12.8 Å². The van der Waals surface area contributed by atoms with Crippen LogP contribution in [0.1, 0.15) is 42.9 Å². The van der Waals surface area contributed by atoms with Crippen molar-refractivity contribution in [3.63, 3.8) is 0 Å². The zero-order chi connectivity index (χ0) is 25.2. The number of benzene rings is 3. The molecule has 0 atom stereocenters. The van der Waals surface area contributed by atoms with E-state index in [1.54, 1.807) is 31.2 Å². The summed E-state index contributed by atoms with van der Waals surface area (Å²) in [6, 6.07) is 15.1. The highest BCUT2D eigenvalue weighted by Gasteiger charge is 2.42. The Hall–Kier alpha value is -2.77. The molecule has 0 heterocycles. The quantitative estimate of drug-likeness (QED) is 0.337. The van der Waals surface area contributed by atoms with Crippen molar-refractivity contribution in [1.29, 1.82) is 0 Å². The highest BCUT2D eigenvalue weighted by Crippen LogP contribution is 2.46. The van der Waals surface area contributed by atoms with E-state index in [4.69, 9.17) is 16.3 Å². The molecule has 0 aromatic heterocycles. The van der Waals surface area contributed by atoms with Crippen LogP contribution in [0.5, 0.6) is 5.75 Å². The number of halogens is 3. The molecule has 3 aromatic rings. The molecule has 3 aromatic carbocycles. The van der Waals surface area contributed by atoms with Crippen LogP contribution in [-0.2, 0) is 33.1 Å². The van der Waals surface area contributed by atoms with Crippen molar-refractivity contribution < 1.29 is 26.7 Å². The molecule has 0 aliphatic heterocycles. The van der Waals surface area contributed by atoms with Crippen LogP contribution < -0.4 is 4.74 Å². The molecule has 1 fully saturated rings. The second kappa shape index (κ2) is 10.1. The summed E-state index contributed by atoms with van der Waals surface area (Å²) >= 11 is 5.79. The van der Waals surface area contributed by atoms with Gasteiger partial charge in [0.25, 0.3) is 0 Å². The first-order valence-corrected chi connectivity index (χ1v) is 13.4. The van der Waals surface area contributed by atoms with Gasteiger partial charge in [-0.05, 0) is 72.4 Å². The number of ether oxygens (including phenoxy) is 1. The third kappa shape index (κ3) is 5.57. The van der Waals surface area contributed by atoms with Gasteiger partial charge >= 0.3 is 0 Å². The fourth-order valence-corrected chi connectivity index (χ4v) is 5.18. The molecular formula is C27H25ClF2O4S. The van der Waals surface area contributed by atoms with Crippen LogP contribution >= 0.6 is 11.6 Å². The van der Waals surface area contributed by atoms with Crippen LogP contribution in [0.25, 0.3) is 0 Å². The molecule has 0 unspecified atom stereocenters. The van der Waals surface area contributed by atoms with E-state index in [0.29, 0.717) is 29.5 Å². The fourth-order valence-electron chi connectivity index (χ4n) is 4.17. The first-order valence-electron chi connectivity index (χ1n) is 11.4. The Morgan fingerprint density at radius 3 is 2.17 bits per heavy atom. The number of carbonyl (C=O) groups is 1. The maximum absolute atomic E-state index is 14.9. The minimum absolute atomic E-state index is 0.00819. The SMILES string of the molecule is CCS(=O)(=O)c1ccc(CC(=O)Cc2ccc(OC3(c4ccc(Cl)c(F)c4)CCC3)c(F)c2)cc1. The predicted octanol–water partition coefficient (Wildman–Crippen LogP) is 6.22. The lowest BCUT2D eigenvalue weighted by Crippen LogP contribution is -2.40. The third-order valence-electron chi connectivity index (χ3n) is 6.37. The van der Waals surface area contributed by atoms with E-state index in [1.807, 2.05) is 0 Å². The summed E-state index contributed by atoms with van der Waals surface area (Å²) in [6.45, 7) is 1.58. The van der Waals surface area contributed by atoms with Crippen molar-refractivity contribution in [3.8, 4) is 5.75 Å². The van der Waals surface area contributed by atoms with Crippen molar-refractivity contribution in [1.82, 2.24) is 0 Å². The van der Waals surface area contributed by atoms with Crippen LogP contribution in [0.4, 0.5) is 8.78 Å². The number of ketones is 1. The summed E-state index contributed by atoms with van der Waals surface area (Å²) in [7, 11) is -3.30. The molecule has 8 heteroatoms. The molecule has 4 rings (SSSR count). The first-order chi connectivity index (χ1) is 16.6. The smallest absolute Gasteiger partial charge is 0.178 e. The number of carbonyl (C=O) groups excluding carboxylic acids is 1. The molecule has 0 N–H and O–H groups in total. The number of sulfone groups is 1. The summed E-state index contributed by atoms with van der Waals surface area (Å²) in [5.74, 6) is -1.21. The Morgan fingerprint density at radius 2 is 1.60 bits per heavy atom. The van der Waals surface area contributed by atoms with E-state index in [1.165, 1.54) is 36.4 Å². The summed E-state index contributed by atoms with van der Waals surface area (Å²) in [6.07, 6.45) is 2.28. The molecule has 0 spiro atoms. The van der Waals surface area contributed by atoms with Gasteiger partial charge in [0.2, 0.25) is 0 Å². The molecule has 35 heavy (non-hydrogen) atoms. The van der Waals surface area contributed by atoms with Crippen LogP contribution in [0.15, 0.2) is 65.6 Å². The normalized spacial score (nSPS) is 14.9. The maximum atomic E-state index is 14.9. The highest BCUT2D eigenvalue weighted by atomic mass is 35.5. The molecule has 0 radical (unpaired) electrons. The van der Waals surface area contributed by atoms with Crippen molar-refractivity contribution in [2.24, 2.45) is 0 Å². The maximum Gasteiger partial charge on any atom is 0.178 e. The van der Waals surface area contributed by atoms with E-state index in [2.05, 4.69) is 0 Å². The lowest BCUT2D eigenvalue weighted by atomic mass is 9.74. The summed E-state index contributed by atoms with van der Waals surface area (Å²) < 4.78 is 58.7. The lowest BCUT2D eigenvalue weighted by Gasteiger charge is -2.42. The van der Waals surface area contributed by atoms with E-state index < -0.39 is 27.1 Å². The second-order valence-electron chi connectivity index (χ2n) is 8.78. The molecular weight excluding hydrogens is 494 g/mol. The molecule has 4 nitrogen and oxygen atoms in total. The van der Waals surface area contributed by atoms with Crippen molar-refractivity contribution in [2.45, 2.75) is 49.5 Å². The van der Waals surface area contributed by atoms with Gasteiger partial charge in [-0.2, -0.15) is 0 Å². The summed E-state index contributed by atoms with van der Waals surface area (Å²) in [5.41, 5.74) is 1.00. The number of hydrogen-bond acceptors (Lipinski definition) is 4.